The molecule has 0 spiro atoms. The average Bonchev–Trinajstić information content (AvgIpc) is 2.55. The zero-order chi connectivity index (χ0) is 15.5. The van der Waals surface area contributed by atoms with Crippen LogP contribution >= 0.6 is 0 Å². The van der Waals surface area contributed by atoms with Gasteiger partial charge < -0.3 is 4.90 Å². The van der Waals surface area contributed by atoms with E-state index in [0.29, 0.717) is 6.54 Å². The molecule has 22 heavy (non-hydrogen) atoms. The number of carbonyl (C=O) groups is 1. The maximum Gasteiger partial charge on any atom is 0.253 e. The summed E-state index contributed by atoms with van der Waals surface area (Å²) >= 11 is 0. The largest absolute Gasteiger partial charge is 0.337 e. The third kappa shape index (κ3) is 3.06. The van der Waals surface area contributed by atoms with Crippen LogP contribution in [-0.2, 0) is 19.4 Å². The highest BCUT2D eigenvalue weighted by atomic mass is 16.2. The third-order valence-electron chi connectivity index (χ3n) is 4.61. The van der Waals surface area contributed by atoms with E-state index in [4.69, 9.17) is 0 Å². The number of hydrogen-bond acceptors (Lipinski definition) is 1. The zero-order valence-electron chi connectivity index (χ0n) is 13.4. The van der Waals surface area contributed by atoms with Crippen molar-refractivity contribution in [2.75, 3.05) is 7.05 Å². The Labute approximate surface area is 132 Å². The van der Waals surface area contributed by atoms with E-state index in [-0.39, 0.29) is 5.91 Å². The molecular weight excluding hydrogens is 270 g/mol. The predicted octanol–water partition coefficient (Wildman–Crippen LogP) is 4.15. The summed E-state index contributed by atoms with van der Waals surface area (Å²) in [6.07, 6.45) is 4.78. The lowest BCUT2D eigenvalue weighted by atomic mass is 9.90. The minimum absolute atomic E-state index is 0.108. The number of fused-ring (bicyclic) bond motifs is 1. The fourth-order valence-electron chi connectivity index (χ4n) is 3.20. The summed E-state index contributed by atoms with van der Waals surface area (Å²) in [4.78, 5) is 14.5. The Kier molecular flexibility index (Phi) is 4.28. The van der Waals surface area contributed by atoms with E-state index < -0.39 is 0 Å². The number of aryl methyl sites for hydroxylation is 3. The molecule has 3 rings (SSSR count). The van der Waals surface area contributed by atoms with Gasteiger partial charge in [0.15, 0.2) is 0 Å². The van der Waals surface area contributed by atoms with Crippen molar-refractivity contribution in [2.24, 2.45) is 0 Å². The van der Waals surface area contributed by atoms with Crippen LogP contribution in [0.5, 0.6) is 0 Å². The van der Waals surface area contributed by atoms with E-state index in [0.717, 1.165) is 18.4 Å². The van der Waals surface area contributed by atoms with Crippen LogP contribution in [0.2, 0.25) is 0 Å². The Hall–Kier alpha value is -2.09. The van der Waals surface area contributed by atoms with E-state index in [1.165, 1.54) is 35.1 Å². The smallest absolute Gasteiger partial charge is 0.253 e. The molecule has 114 valence electrons. The SMILES string of the molecule is Cc1ccccc1CN(C)C(=O)c1ccc2c(c1)CCCC2. The van der Waals surface area contributed by atoms with Crippen molar-refractivity contribution in [1.82, 2.24) is 4.90 Å². The second kappa shape index (κ2) is 6.35. The summed E-state index contributed by atoms with van der Waals surface area (Å²) < 4.78 is 0. The molecule has 0 saturated carbocycles. The van der Waals surface area contributed by atoms with Gasteiger partial charge in [0.25, 0.3) is 5.91 Å². The molecule has 0 N–H and O–H groups in total. The topological polar surface area (TPSA) is 20.3 Å². The van der Waals surface area contributed by atoms with Crippen LogP contribution in [0, 0.1) is 6.92 Å². The van der Waals surface area contributed by atoms with E-state index in [9.17, 15) is 4.79 Å². The Morgan fingerprint density at radius 1 is 1.05 bits per heavy atom. The molecular formula is C20H23NO. The van der Waals surface area contributed by atoms with Crippen LogP contribution in [0.25, 0.3) is 0 Å². The summed E-state index contributed by atoms with van der Waals surface area (Å²) in [6.45, 7) is 2.75. The fraction of sp³-hybridized carbons (Fsp3) is 0.350. The van der Waals surface area contributed by atoms with Gasteiger partial charge in [-0.3, -0.25) is 4.79 Å². The Morgan fingerprint density at radius 3 is 2.55 bits per heavy atom. The first-order chi connectivity index (χ1) is 10.6. The van der Waals surface area contributed by atoms with Gasteiger partial charge in [-0.15, -0.1) is 0 Å². The van der Waals surface area contributed by atoms with Crippen LogP contribution in [0.15, 0.2) is 42.5 Å². The molecule has 0 aliphatic heterocycles. The minimum Gasteiger partial charge on any atom is -0.337 e. The Bertz CT molecular complexity index is 690. The summed E-state index contributed by atoms with van der Waals surface area (Å²) in [7, 11) is 1.88. The van der Waals surface area contributed by atoms with E-state index in [1.54, 1.807) is 0 Å². The molecule has 0 aromatic heterocycles. The van der Waals surface area contributed by atoms with Gasteiger partial charge in [0.05, 0.1) is 0 Å². The highest BCUT2D eigenvalue weighted by Gasteiger charge is 2.16. The molecule has 1 aliphatic carbocycles. The highest BCUT2D eigenvalue weighted by molar-refractivity contribution is 5.94. The number of benzene rings is 2. The lowest BCUT2D eigenvalue weighted by Gasteiger charge is -2.21. The molecule has 1 amide bonds. The molecule has 1 aliphatic rings. The predicted molar refractivity (Wildman–Crippen MR) is 90.1 cm³/mol. The number of amides is 1. The summed E-state index contributed by atoms with van der Waals surface area (Å²) in [5.41, 5.74) is 6.03. The molecule has 0 radical (unpaired) electrons. The molecule has 0 atom stereocenters. The lowest BCUT2D eigenvalue weighted by molar-refractivity contribution is 0.0785. The highest BCUT2D eigenvalue weighted by Crippen LogP contribution is 2.23. The molecule has 2 nitrogen and oxygen atoms in total. The van der Waals surface area contributed by atoms with Gasteiger partial charge in [-0.05, 0) is 67.0 Å². The van der Waals surface area contributed by atoms with Crippen LogP contribution < -0.4 is 0 Å². The Morgan fingerprint density at radius 2 is 1.77 bits per heavy atom. The number of carbonyl (C=O) groups excluding carboxylic acids is 1. The Balaban J connectivity index is 1.77. The summed E-state index contributed by atoms with van der Waals surface area (Å²) in [5.74, 6) is 0.108. The van der Waals surface area contributed by atoms with Crippen LogP contribution in [0.4, 0.5) is 0 Å². The van der Waals surface area contributed by atoms with Crippen molar-refractivity contribution in [3.8, 4) is 0 Å². The second-order valence-corrected chi connectivity index (χ2v) is 6.28. The number of hydrogen-bond donors (Lipinski definition) is 0. The molecule has 0 fully saturated rings. The van der Waals surface area contributed by atoms with Gasteiger partial charge >= 0.3 is 0 Å². The molecule has 2 aromatic carbocycles. The fourth-order valence-corrected chi connectivity index (χ4v) is 3.20. The van der Waals surface area contributed by atoms with Gasteiger partial charge in [0, 0.05) is 19.2 Å². The maximum atomic E-state index is 12.7. The zero-order valence-corrected chi connectivity index (χ0v) is 13.4. The molecule has 0 saturated heterocycles. The van der Waals surface area contributed by atoms with Gasteiger partial charge in [-0.25, -0.2) is 0 Å². The first-order valence-corrected chi connectivity index (χ1v) is 8.07. The van der Waals surface area contributed by atoms with E-state index >= 15 is 0 Å². The minimum atomic E-state index is 0.108. The third-order valence-corrected chi connectivity index (χ3v) is 4.61. The van der Waals surface area contributed by atoms with Crippen molar-refractivity contribution in [1.29, 1.82) is 0 Å². The van der Waals surface area contributed by atoms with Crippen molar-refractivity contribution < 1.29 is 4.79 Å². The van der Waals surface area contributed by atoms with Crippen molar-refractivity contribution in [3.63, 3.8) is 0 Å². The van der Waals surface area contributed by atoms with Crippen LogP contribution in [-0.4, -0.2) is 17.9 Å². The lowest BCUT2D eigenvalue weighted by Crippen LogP contribution is -2.26. The normalized spacial score (nSPS) is 13.5. The number of rotatable bonds is 3. The molecule has 0 heterocycles. The summed E-state index contributed by atoms with van der Waals surface area (Å²) in [5, 5.41) is 0. The van der Waals surface area contributed by atoms with Gasteiger partial charge in [-0.2, -0.15) is 0 Å². The first-order valence-electron chi connectivity index (χ1n) is 8.07. The van der Waals surface area contributed by atoms with Crippen molar-refractivity contribution in [2.45, 2.75) is 39.2 Å². The van der Waals surface area contributed by atoms with Crippen molar-refractivity contribution in [3.05, 3.63) is 70.3 Å². The van der Waals surface area contributed by atoms with E-state index in [1.807, 2.05) is 30.1 Å². The second-order valence-electron chi connectivity index (χ2n) is 6.28. The standard InChI is InChI=1S/C20H23NO/c1-15-7-3-4-10-19(15)14-21(2)20(22)18-12-11-16-8-5-6-9-17(16)13-18/h3-4,7,10-13H,5-6,8-9,14H2,1-2H3. The van der Waals surface area contributed by atoms with Crippen LogP contribution in [0.1, 0.15) is 45.5 Å². The monoisotopic (exact) mass is 293 g/mol. The molecule has 0 unspecified atom stereocenters. The maximum absolute atomic E-state index is 12.7. The molecule has 0 bridgehead atoms. The average molecular weight is 293 g/mol. The summed E-state index contributed by atoms with van der Waals surface area (Å²) in [6, 6.07) is 14.5. The van der Waals surface area contributed by atoms with E-state index in [2.05, 4.69) is 31.2 Å². The van der Waals surface area contributed by atoms with Gasteiger partial charge in [0.2, 0.25) is 0 Å². The first kappa shape index (κ1) is 14.8. The molecule has 2 heteroatoms. The van der Waals surface area contributed by atoms with Crippen molar-refractivity contribution >= 4 is 5.91 Å². The number of nitrogens with zero attached hydrogens (tertiary/aromatic N) is 1. The quantitative estimate of drug-likeness (QED) is 0.832. The van der Waals surface area contributed by atoms with Gasteiger partial charge in [-0.1, -0.05) is 30.3 Å². The molecule has 2 aromatic rings. The van der Waals surface area contributed by atoms with Gasteiger partial charge in [0.1, 0.15) is 0 Å². The van der Waals surface area contributed by atoms with Crippen LogP contribution in [0.3, 0.4) is 0 Å².